The molecule has 4 nitrogen and oxygen atoms in total. The van der Waals surface area contributed by atoms with Gasteiger partial charge >= 0.3 is 0 Å². The molecule has 0 heterocycles. The van der Waals surface area contributed by atoms with Crippen molar-refractivity contribution in [1.82, 2.24) is 10.2 Å². The Kier molecular flexibility index (Phi) is 4.68. The topological polar surface area (TPSA) is 56.1 Å². The maximum absolute atomic E-state index is 12.4. The van der Waals surface area contributed by atoms with Crippen molar-refractivity contribution in [1.29, 1.82) is 5.26 Å². The van der Waals surface area contributed by atoms with Crippen LogP contribution in [0.4, 0.5) is 0 Å². The molecule has 1 unspecified atom stereocenters. The van der Waals surface area contributed by atoms with Gasteiger partial charge < -0.3 is 5.32 Å². The van der Waals surface area contributed by atoms with Gasteiger partial charge in [0.05, 0.1) is 12.6 Å². The van der Waals surface area contributed by atoms with Crippen molar-refractivity contribution in [3.8, 4) is 6.07 Å². The summed E-state index contributed by atoms with van der Waals surface area (Å²) in [4.78, 5) is 14.6. The molecule has 1 aromatic rings. The Labute approximate surface area is 138 Å². The maximum Gasteiger partial charge on any atom is 0.235 e. The second-order valence-corrected chi connectivity index (χ2v) is 6.97. The smallest absolute Gasteiger partial charge is 0.235 e. The van der Waals surface area contributed by atoms with Gasteiger partial charge in [0.15, 0.2) is 0 Å². The highest BCUT2D eigenvalue weighted by atomic mass is 16.2. The third-order valence-electron chi connectivity index (χ3n) is 5.31. The van der Waals surface area contributed by atoms with Crippen molar-refractivity contribution in [3.05, 3.63) is 35.4 Å². The van der Waals surface area contributed by atoms with E-state index >= 15 is 0 Å². The van der Waals surface area contributed by atoms with Crippen molar-refractivity contribution >= 4 is 5.91 Å². The van der Waals surface area contributed by atoms with Crippen LogP contribution in [-0.2, 0) is 11.2 Å². The molecule has 0 bridgehead atoms. The summed E-state index contributed by atoms with van der Waals surface area (Å²) in [6, 6.07) is 11.2. The molecule has 3 rings (SSSR count). The van der Waals surface area contributed by atoms with Gasteiger partial charge in [-0.1, -0.05) is 24.3 Å². The lowest BCUT2D eigenvalue weighted by Crippen LogP contribution is -2.49. The minimum absolute atomic E-state index is 0.0287. The zero-order valence-electron chi connectivity index (χ0n) is 13.8. The number of nitrogens with zero attached hydrogens (tertiary/aromatic N) is 2. The molecule has 1 saturated carbocycles. The molecule has 1 N–H and O–H groups in total. The van der Waals surface area contributed by atoms with E-state index in [4.69, 9.17) is 0 Å². The molecule has 2 aliphatic rings. The predicted octanol–water partition coefficient (Wildman–Crippen LogP) is 2.95. The van der Waals surface area contributed by atoms with E-state index in [0.717, 1.165) is 44.9 Å². The van der Waals surface area contributed by atoms with Gasteiger partial charge in [-0.25, -0.2) is 0 Å². The molecule has 0 aromatic heterocycles. The normalized spacial score (nSPS) is 22.4. The largest absolute Gasteiger partial charge is 0.337 e. The van der Waals surface area contributed by atoms with Crippen LogP contribution in [0.25, 0.3) is 0 Å². The molecular formula is C19H25N3O. The molecule has 1 atom stereocenters. The minimum atomic E-state index is -0.623. The molecule has 0 radical (unpaired) electrons. The number of carbonyl (C=O) groups excluding carboxylic acids is 1. The first kappa shape index (κ1) is 16.0. The van der Waals surface area contributed by atoms with Crippen molar-refractivity contribution in [3.63, 3.8) is 0 Å². The molecule has 0 aliphatic heterocycles. The number of benzene rings is 1. The van der Waals surface area contributed by atoms with E-state index in [9.17, 15) is 10.1 Å². The molecule has 2 aliphatic carbocycles. The first-order valence-electron chi connectivity index (χ1n) is 8.64. The van der Waals surface area contributed by atoms with Crippen LogP contribution in [0.1, 0.15) is 55.7 Å². The van der Waals surface area contributed by atoms with Gasteiger partial charge in [-0.3, -0.25) is 9.69 Å². The molecule has 4 heteroatoms. The number of nitriles is 1. The average molecular weight is 311 g/mol. The average Bonchev–Trinajstić information content (AvgIpc) is 3.03. The molecule has 0 spiro atoms. The Morgan fingerprint density at radius 1 is 1.35 bits per heavy atom. The molecule has 122 valence electrons. The molecule has 23 heavy (non-hydrogen) atoms. The molecule has 1 aromatic carbocycles. The number of likely N-dealkylation sites (N-methyl/N-ethyl adjacent to an activating group) is 1. The molecule has 1 amide bonds. The van der Waals surface area contributed by atoms with Crippen molar-refractivity contribution < 1.29 is 4.79 Å². The lowest BCUT2D eigenvalue weighted by molar-refractivity contribution is -0.123. The highest BCUT2D eigenvalue weighted by Gasteiger charge is 2.36. The van der Waals surface area contributed by atoms with Crippen LogP contribution in [0, 0.1) is 11.3 Å². The second-order valence-electron chi connectivity index (χ2n) is 6.97. The molecular weight excluding hydrogens is 286 g/mol. The lowest BCUT2D eigenvalue weighted by atomic mass is 9.87. The summed E-state index contributed by atoms with van der Waals surface area (Å²) in [5, 5.41) is 12.4. The van der Waals surface area contributed by atoms with E-state index in [2.05, 4.69) is 40.6 Å². The van der Waals surface area contributed by atoms with E-state index in [-0.39, 0.29) is 5.91 Å². The first-order valence-corrected chi connectivity index (χ1v) is 8.64. The van der Waals surface area contributed by atoms with Crippen LogP contribution < -0.4 is 5.32 Å². The third-order valence-corrected chi connectivity index (χ3v) is 5.31. The zero-order chi connectivity index (χ0) is 16.3. The lowest BCUT2D eigenvalue weighted by Gasteiger charge is -2.33. The maximum atomic E-state index is 12.4. The summed E-state index contributed by atoms with van der Waals surface area (Å²) in [6.45, 7) is 0.350. The summed E-state index contributed by atoms with van der Waals surface area (Å²) in [6.07, 6.45) is 7.00. The number of nitrogens with one attached hydrogen (secondary N) is 1. The Hall–Kier alpha value is -1.86. The van der Waals surface area contributed by atoms with Crippen LogP contribution in [-0.4, -0.2) is 29.9 Å². The monoisotopic (exact) mass is 311 g/mol. The van der Waals surface area contributed by atoms with Crippen molar-refractivity contribution in [2.45, 2.75) is 56.5 Å². The van der Waals surface area contributed by atoms with Gasteiger partial charge in [0.1, 0.15) is 5.54 Å². The summed E-state index contributed by atoms with van der Waals surface area (Å²) in [5.74, 6) is -0.0287. The van der Waals surface area contributed by atoms with E-state index in [1.807, 2.05) is 7.05 Å². The van der Waals surface area contributed by atoms with Crippen LogP contribution in [0.15, 0.2) is 24.3 Å². The molecule has 0 saturated heterocycles. The fraction of sp³-hybridized carbons (Fsp3) is 0.579. The van der Waals surface area contributed by atoms with Gasteiger partial charge in [0.2, 0.25) is 5.91 Å². The minimum Gasteiger partial charge on any atom is -0.337 e. The van der Waals surface area contributed by atoms with Gasteiger partial charge in [-0.2, -0.15) is 5.26 Å². The fourth-order valence-corrected chi connectivity index (χ4v) is 4.07. The highest BCUT2D eigenvalue weighted by molar-refractivity contribution is 5.79. The van der Waals surface area contributed by atoms with Crippen LogP contribution in [0.2, 0.25) is 0 Å². The van der Waals surface area contributed by atoms with Gasteiger partial charge in [-0.15, -0.1) is 0 Å². The Morgan fingerprint density at radius 3 is 2.83 bits per heavy atom. The van der Waals surface area contributed by atoms with Crippen molar-refractivity contribution in [2.24, 2.45) is 0 Å². The highest BCUT2D eigenvalue weighted by Crippen LogP contribution is 2.33. The Morgan fingerprint density at radius 2 is 2.09 bits per heavy atom. The molecule has 1 fully saturated rings. The summed E-state index contributed by atoms with van der Waals surface area (Å²) in [7, 11) is 2.01. The first-order chi connectivity index (χ1) is 11.1. The van der Waals surface area contributed by atoms with Gasteiger partial charge in [0, 0.05) is 6.04 Å². The number of amides is 1. The van der Waals surface area contributed by atoms with E-state index < -0.39 is 5.54 Å². The third kappa shape index (κ3) is 3.40. The quantitative estimate of drug-likeness (QED) is 0.930. The van der Waals surface area contributed by atoms with E-state index in [1.165, 1.54) is 11.1 Å². The van der Waals surface area contributed by atoms with Gasteiger partial charge in [-0.05, 0) is 63.1 Å². The second kappa shape index (κ2) is 6.72. The Bertz CT molecular complexity index is 613. The Balaban J connectivity index is 1.65. The summed E-state index contributed by atoms with van der Waals surface area (Å²) >= 11 is 0. The number of carbonyl (C=O) groups is 1. The van der Waals surface area contributed by atoms with Crippen LogP contribution >= 0.6 is 0 Å². The van der Waals surface area contributed by atoms with Crippen LogP contribution in [0.3, 0.4) is 0 Å². The van der Waals surface area contributed by atoms with Crippen molar-refractivity contribution in [2.75, 3.05) is 13.6 Å². The van der Waals surface area contributed by atoms with E-state index in [1.54, 1.807) is 0 Å². The zero-order valence-corrected chi connectivity index (χ0v) is 13.8. The van der Waals surface area contributed by atoms with E-state index in [0.29, 0.717) is 12.6 Å². The number of fused-ring (bicyclic) bond motifs is 1. The fourth-order valence-electron chi connectivity index (χ4n) is 4.07. The summed E-state index contributed by atoms with van der Waals surface area (Å²) < 4.78 is 0. The SMILES string of the molecule is CN(CC(=O)NC1(C#N)CCCC1)C1CCCc2ccccc21. The number of rotatable bonds is 4. The number of aryl methyl sites for hydroxylation is 1. The predicted molar refractivity (Wildman–Crippen MR) is 89.7 cm³/mol. The van der Waals surface area contributed by atoms with Gasteiger partial charge in [0.25, 0.3) is 0 Å². The number of hydrogen-bond donors (Lipinski definition) is 1. The van der Waals surface area contributed by atoms with Crippen LogP contribution in [0.5, 0.6) is 0 Å². The standard InChI is InChI=1S/C19H25N3O/c1-22(13-18(23)21-19(14-20)11-4-5-12-19)17-10-6-8-15-7-2-3-9-16(15)17/h2-3,7,9,17H,4-6,8,10-13H2,1H3,(H,21,23). The number of hydrogen-bond acceptors (Lipinski definition) is 3. The summed E-state index contributed by atoms with van der Waals surface area (Å²) in [5.41, 5.74) is 2.13.